The molecule has 3 rings (SSSR count). The minimum atomic E-state index is 0.196. The Balaban J connectivity index is 1.82. The molecule has 0 amide bonds. The van der Waals surface area contributed by atoms with Gasteiger partial charge in [-0.3, -0.25) is 9.78 Å². The molecule has 102 valence electrons. The lowest BCUT2D eigenvalue weighted by Gasteiger charge is -2.07. The second-order valence-corrected chi connectivity index (χ2v) is 5.44. The zero-order valence-electron chi connectivity index (χ0n) is 11.9. The van der Waals surface area contributed by atoms with Crippen LogP contribution in [0.3, 0.4) is 0 Å². The molecule has 0 atom stereocenters. The number of benzene rings is 1. The third-order valence-electron chi connectivity index (χ3n) is 4.11. The van der Waals surface area contributed by atoms with Crippen LogP contribution in [-0.2, 0) is 25.7 Å². The predicted molar refractivity (Wildman–Crippen MR) is 80.1 cm³/mol. The van der Waals surface area contributed by atoms with Crippen LogP contribution in [0.5, 0.6) is 0 Å². The maximum absolute atomic E-state index is 12.5. The maximum Gasteiger partial charge on any atom is 0.167 e. The fourth-order valence-corrected chi connectivity index (χ4v) is 3.00. The maximum atomic E-state index is 12.5. The highest BCUT2D eigenvalue weighted by Crippen LogP contribution is 2.23. The number of fused-ring (bicyclic) bond motifs is 1. The molecule has 0 unspecified atom stereocenters. The average Bonchev–Trinajstić information content (AvgIpc) is 2.94. The van der Waals surface area contributed by atoms with Gasteiger partial charge in [0.25, 0.3) is 0 Å². The summed E-state index contributed by atoms with van der Waals surface area (Å²) in [6.45, 7) is 2.06. The van der Waals surface area contributed by atoms with Crippen LogP contribution >= 0.6 is 0 Å². The molecule has 2 aromatic rings. The fourth-order valence-electron chi connectivity index (χ4n) is 3.00. The first kappa shape index (κ1) is 13.0. The largest absolute Gasteiger partial charge is 0.294 e. The van der Waals surface area contributed by atoms with Crippen LogP contribution in [0.25, 0.3) is 0 Å². The molecule has 0 aliphatic heterocycles. The van der Waals surface area contributed by atoms with E-state index in [1.54, 1.807) is 12.4 Å². The topological polar surface area (TPSA) is 30.0 Å². The SMILES string of the molecule is CCc1cnccc1C(=O)Cc1ccc2c(c1)CCC2. The van der Waals surface area contributed by atoms with Crippen molar-refractivity contribution in [2.75, 3.05) is 0 Å². The highest BCUT2D eigenvalue weighted by atomic mass is 16.1. The van der Waals surface area contributed by atoms with Crippen molar-refractivity contribution in [3.63, 3.8) is 0 Å². The second kappa shape index (κ2) is 5.58. The number of carbonyl (C=O) groups excluding carboxylic acids is 1. The lowest BCUT2D eigenvalue weighted by molar-refractivity contribution is 0.0992. The predicted octanol–water partition coefficient (Wildman–Crippen LogP) is 3.56. The van der Waals surface area contributed by atoms with Gasteiger partial charge < -0.3 is 0 Å². The molecule has 1 aromatic heterocycles. The molecular weight excluding hydrogens is 246 g/mol. The third kappa shape index (κ3) is 2.51. The standard InChI is InChI=1S/C18H19NO/c1-2-14-12-19-9-8-17(14)18(20)11-13-6-7-15-4-3-5-16(15)10-13/h6-10,12H,2-5,11H2,1H3. The molecule has 2 nitrogen and oxygen atoms in total. The monoisotopic (exact) mass is 265 g/mol. The number of hydrogen-bond donors (Lipinski definition) is 0. The summed E-state index contributed by atoms with van der Waals surface area (Å²) in [7, 11) is 0. The van der Waals surface area contributed by atoms with Crippen molar-refractivity contribution in [1.29, 1.82) is 0 Å². The number of rotatable bonds is 4. The van der Waals surface area contributed by atoms with Crippen molar-refractivity contribution < 1.29 is 4.79 Å². The first-order valence-electron chi connectivity index (χ1n) is 7.34. The first-order valence-corrected chi connectivity index (χ1v) is 7.34. The first-order chi connectivity index (χ1) is 9.78. The van der Waals surface area contributed by atoms with Crippen molar-refractivity contribution in [2.45, 2.75) is 39.0 Å². The number of pyridine rings is 1. The number of aryl methyl sites for hydroxylation is 3. The van der Waals surface area contributed by atoms with Crippen molar-refractivity contribution >= 4 is 5.78 Å². The van der Waals surface area contributed by atoms with Crippen molar-refractivity contribution in [1.82, 2.24) is 4.98 Å². The summed E-state index contributed by atoms with van der Waals surface area (Å²) >= 11 is 0. The van der Waals surface area contributed by atoms with E-state index in [1.807, 2.05) is 6.07 Å². The van der Waals surface area contributed by atoms with Crippen LogP contribution in [0.1, 0.15) is 46.0 Å². The van der Waals surface area contributed by atoms with E-state index in [0.29, 0.717) is 6.42 Å². The second-order valence-electron chi connectivity index (χ2n) is 5.44. The summed E-state index contributed by atoms with van der Waals surface area (Å²) in [5, 5.41) is 0. The quantitative estimate of drug-likeness (QED) is 0.791. The molecule has 0 fully saturated rings. The summed E-state index contributed by atoms with van der Waals surface area (Å²) in [6, 6.07) is 8.36. The van der Waals surface area contributed by atoms with E-state index in [9.17, 15) is 4.79 Å². The van der Waals surface area contributed by atoms with E-state index in [0.717, 1.165) is 29.5 Å². The molecule has 1 aliphatic rings. The number of Topliss-reactive ketones (excluding diaryl/α,β-unsaturated/α-hetero) is 1. The summed E-state index contributed by atoms with van der Waals surface area (Å²) in [5.74, 6) is 0.196. The fraction of sp³-hybridized carbons (Fsp3) is 0.333. The normalized spacial score (nSPS) is 13.2. The van der Waals surface area contributed by atoms with E-state index in [2.05, 4.69) is 30.1 Å². The van der Waals surface area contributed by atoms with Crippen LogP contribution < -0.4 is 0 Å². The van der Waals surface area contributed by atoms with Crippen LogP contribution in [0.2, 0.25) is 0 Å². The number of nitrogens with zero attached hydrogens (tertiary/aromatic N) is 1. The van der Waals surface area contributed by atoms with Gasteiger partial charge in [-0.1, -0.05) is 25.1 Å². The lowest BCUT2D eigenvalue weighted by Crippen LogP contribution is -2.07. The number of aromatic nitrogens is 1. The molecule has 1 aliphatic carbocycles. The van der Waals surface area contributed by atoms with Crippen LogP contribution in [0.15, 0.2) is 36.7 Å². The van der Waals surface area contributed by atoms with Gasteiger partial charge in [-0.15, -0.1) is 0 Å². The summed E-state index contributed by atoms with van der Waals surface area (Å²) in [6.07, 6.45) is 8.44. The van der Waals surface area contributed by atoms with Crippen LogP contribution in [0, 0.1) is 0 Å². The van der Waals surface area contributed by atoms with Crippen LogP contribution in [-0.4, -0.2) is 10.8 Å². The Morgan fingerprint density at radius 3 is 2.90 bits per heavy atom. The summed E-state index contributed by atoms with van der Waals surface area (Å²) < 4.78 is 0. The Morgan fingerprint density at radius 1 is 1.20 bits per heavy atom. The summed E-state index contributed by atoms with van der Waals surface area (Å²) in [4.78, 5) is 16.6. The third-order valence-corrected chi connectivity index (χ3v) is 4.11. The van der Waals surface area contributed by atoms with E-state index >= 15 is 0 Å². The smallest absolute Gasteiger partial charge is 0.167 e. The van der Waals surface area contributed by atoms with Gasteiger partial charge in [-0.05, 0) is 54.0 Å². The molecule has 0 bridgehead atoms. The molecule has 20 heavy (non-hydrogen) atoms. The molecular formula is C18H19NO. The Labute approximate surface area is 119 Å². The molecule has 1 aromatic carbocycles. The molecule has 0 saturated heterocycles. The Kier molecular flexibility index (Phi) is 3.64. The van der Waals surface area contributed by atoms with Gasteiger partial charge in [0.15, 0.2) is 5.78 Å². The Morgan fingerprint density at radius 2 is 2.05 bits per heavy atom. The van der Waals surface area contributed by atoms with E-state index in [1.165, 1.54) is 24.0 Å². The van der Waals surface area contributed by atoms with Gasteiger partial charge in [0.05, 0.1) is 0 Å². The van der Waals surface area contributed by atoms with Gasteiger partial charge in [0.2, 0.25) is 0 Å². The summed E-state index contributed by atoms with van der Waals surface area (Å²) in [5.41, 5.74) is 5.89. The van der Waals surface area contributed by atoms with E-state index in [-0.39, 0.29) is 5.78 Å². The number of carbonyl (C=O) groups is 1. The molecule has 2 heteroatoms. The Bertz CT molecular complexity index is 646. The van der Waals surface area contributed by atoms with Crippen molar-refractivity contribution in [2.24, 2.45) is 0 Å². The molecule has 0 saturated carbocycles. The van der Waals surface area contributed by atoms with Gasteiger partial charge in [-0.2, -0.15) is 0 Å². The lowest BCUT2D eigenvalue weighted by atomic mass is 9.97. The van der Waals surface area contributed by atoms with E-state index < -0.39 is 0 Å². The minimum absolute atomic E-state index is 0.196. The number of hydrogen-bond acceptors (Lipinski definition) is 2. The molecule has 0 radical (unpaired) electrons. The van der Waals surface area contributed by atoms with E-state index in [4.69, 9.17) is 0 Å². The van der Waals surface area contributed by atoms with Crippen molar-refractivity contribution in [3.05, 3.63) is 64.5 Å². The minimum Gasteiger partial charge on any atom is -0.294 e. The zero-order chi connectivity index (χ0) is 13.9. The van der Waals surface area contributed by atoms with Gasteiger partial charge >= 0.3 is 0 Å². The molecule has 0 N–H and O–H groups in total. The van der Waals surface area contributed by atoms with Gasteiger partial charge in [0, 0.05) is 24.4 Å². The molecule has 1 heterocycles. The van der Waals surface area contributed by atoms with Gasteiger partial charge in [-0.25, -0.2) is 0 Å². The zero-order valence-corrected chi connectivity index (χ0v) is 11.9. The molecule has 0 spiro atoms. The van der Waals surface area contributed by atoms with Gasteiger partial charge in [0.1, 0.15) is 0 Å². The Hall–Kier alpha value is -1.96. The highest BCUT2D eigenvalue weighted by molar-refractivity contribution is 5.98. The highest BCUT2D eigenvalue weighted by Gasteiger charge is 2.14. The van der Waals surface area contributed by atoms with Crippen LogP contribution in [0.4, 0.5) is 0 Å². The number of ketones is 1. The van der Waals surface area contributed by atoms with Crippen molar-refractivity contribution in [3.8, 4) is 0 Å². The average molecular weight is 265 g/mol.